The van der Waals surface area contributed by atoms with Gasteiger partial charge in [0.25, 0.3) is 0 Å². The fraction of sp³-hybridized carbons (Fsp3) is 0.400. The van der Waals surface area contributed by atoms with E-state index in [2.05, 4.69) is 10.3 Å². The number of rotatable bonds is 4. The van der Waals surface area contributed by atoms with Gasteiger partial charge in [-0.1, -0.05) is 29.3 Å². The third-order valence-electron chi connectivity index (χ3n) is 4.99. The van der Waals surface area contributed by atoms with Gasteiger partial charge in [-0.05, 0) is 25.1 Å². The summed E-state index contributed by atoms with van der Waals surface area (Å²) in [5.74, 6) is 0. The maximum absolute atomic E-state index is 15.5. The van der Waals surface area contributed by atoms with Crippen LogP contribution >= 0.6 is 11.6 Å². The number of nitrogens with one attached hydrogen (secondary N) is 1. The molecule has 1 aromatic heterocycles. The number of aliphatic hydroxyl groups excluding tert-OH is 2. The van der Waals surface area contributed by atoms with Crippen molar-refractivity contribution in [1.29, 1.82) is 0 Å². The number of halogens is 2. The molecular formula is C20H23ClFN3O3. The Labute approximate surface area is 168 Å². The largest absolute Gasteiger partial charge is 0.393 e. The highest BCUT2D eigenvalue weighted by atomic mass is 35.5. The maximum atomic E-state index is 15.5. The van der Waals surface area contributed by atoms with Crippen molar-refractivity contribution in [2.45, 2.75) is 31.5 Å². The predicted molar refractivity (Wildman–Crippen MR) is 105 cm³/mol. The summed E-state index contributed by atoms with van der Waals surface area (Å²) in [6, 6.07) is 8.60. The fourth-order valence-corrected chi connectivity index (χ4v) is 3.55. The third kappa shape index (κ3) is 4.43. The van der Waals surface area contributed by atoms with Crippen molar-refractivity contribution in [1.82, 2.24) is 9.88 Å². The van der Waals surface area contributed by atoms with Gasteiger partial charge >= 0.3 is 6.03 Å². The minimum absolute atomic E-state index is 0.0724. The van der Waals surface area contributed by atoms with Crippen LogP contribution in [0.5, 0.6) is 0 Å². The normalized spacial score (nSPS) is 17.2. The standard InChI is InChI=1S/C20H23ClFN3O3/c1-13-2-4-15(5-3-13)24-19(28)25-8-6-20(22,7-9-25)18-16(21)10-14(11-23-18)17(27)12-26/h2-5,10-11,17,26-27H,6-9,12H2,1H3,(H,24,28)/t17-/m0/s1. The van der Waals surface area contributed by atoms with Crippen LogP contribution in [0.1, 0.15) is 35.8 Å². The Morgan fingerprint density at radius 2 is 2.00 bits per heavy atom. The molecule has 0 unspecified atom stereocenters. The van der Waals surface area contributed by atoms with Gasteiger partial charge in [-0.3, -0.25) is 4.98 Å². The fourth-order valence-electron chi connectivity index (χ4n) is 3.21. The van der Waals surface area contributed by atoms with E-state index in [0.29, 0.717) is 11.3 Å². The molecule has 0 spiro atoms. The lowest BCUT2D eigenvalue weighted by atomic mass is 9.89. The highest BCUT2D eigenvalue weighted by Gasteiger charge is 2.40. The Balaban J connectivity index is 1.65. The molecule has 2 amide bonds. The molecule has 0 radical (unpaired) electrons. The second kappa shape index (κ2) is 8.43. The molecule has 0 saturated carbocycles. The number of anilines is 1. The van der Waals surface area contributed by atoms with Crippen LogP contribution < -0.4 is 5.32 Å². The van der Waals surface area contributed by atoms with Gasteiger partial charge in [-0.25, -0.2) is 9.18 Å². The highest BCUT2D eigenvalue weighted by molar-refractivity contribution is 6.31. The second-order valence-corrected chi connectivity index (χ2v) is 7.45. The first kappa shape index (κ1) is 20.5. The number of likely N-dealkylation sites (tertiary alicyclic amines) is 1. The Kier molecular flexibility index (Phi) is 6.17. The van der Waals surface area contributed by atoms with E-state index in [4.69, 9.17) is 16.7 Å². The molecule has 28 heavy (non-hydrogen) atoms. The Morgan fingerprint density at radius 1 is 1.36 bits per heavy atom. The van der Waals surface area contributed by atoms with Crippen molar-refractivity contribution in [3.05, 3.63) is 58.4 Å². The molecule has 8 heteroatoms. The van der Waals surface area contributed by atoms with Gasteiger partial charge in [-0.2, -0.15) is 0 Å². The number of carbonyl (C=O) groups excluding carboxylic acids is 1. The number of aryl methyl sites for hydroxylation is 1. The lowest BCUT2D eigenvalue weighted by Gasteiger charge is -2.36. The number of alkyl halides is 1. The second-order valence-electron chi connectivity index (χ2n) is 7.05. The number of piperidine rings is 1. The number of urea groups is 1. The van der Waals surface area contributed by atoms with Crippen molar-refractivity contribution in [3.8, 4) is 0 Å². The minimum atomic E-state index is -1.75. The van der Waals surface area contributed by atoms with E-state index in [1.165, 1.54) is 12.3 Å². The molecular weight excluding hydrogens is 385 g/mol. The summed E-state index contributed by atoms with van der Waals surface area (Å²) in [5, 5.41) is 21.6. The molecule has 1 aliphatic heterocycles. The minimum Gasteiger partial charge on any atom is -0.393 e. The van der Waals surface area contributed by atoms with E-state index in [1.54, 1.807) is 4.90 Å². The predicted octanol–water partition coefficient (Wildman–Crippen LogP) is 3.56. The zero-order chi connectivity index (χ0) is 20.3. The number of amides is 2. The Hall–Kier alpha value is -2.22. The van der Waals surface area contributed by atoms with Crippen LogP contribution in [-0.2, 0) is 5.67 Å². The van der Waals surface area contributed by atoms with Crippen LogP contribution in [0.2, 0.25) is 5.02 Å². The van der Waals surface area contributed by atoms with Gasteiger partial charge in [0.1, 0.15) is 6.10 Å². The number of carbonyl (C=O) groups is 1. The van der Waals surface area contributed by atoms with E-state index in [9.17, 15) is 9.90 Å². The van der Waals surface area contributed by atoms with Crippen molar-refractivity contribution in [2.75, 3.05) is 25.0 Å². The van der Waals surface area contributed by atoms with Crippen molar-refractivity contribution in [3.63, 3.8) is 0 Å². The molecule has 1 aliphatic rings. The molecule has 2 aromatic rings. The average Bonchev–Trinajstić information content (AvgIpc) is 2.69. The Morgan fingerprint density at radius 3 is 2.57 bits per heavy atom. The first-order valence-electron chi connectivity index (χ1n) is 9.09. The maximum Gasteiger partial charge on any atom is 0.321 e. The zero-order valence-corrected chi connectivity index (χ0v) is 16.3. The molecule has 2 heterocycles. The molecule has 1 fully saturated rings. The van der Waals surface area contributed by atoms with E-state index in [1.807, 2.05) is 31.2 Å². The molecule has 1 aromatic carbocycles. The highest BCUT2D eigenvalue weighted by Crippen LogP contribution is 2.39. The molecule has 0 aliphatic carbocycles. The van der Waals surface area contributed by atoms with Crippen molar-refractivity contribution < 1.29 is 19.4 Å². The smallest absolute Gasteiger partial charge is 0.321 e. The third-order valence-corrected chi connectivity index (χ3v) is 5.28. The van der Waals surface area contributed by atoms with Crippen molar-refractivity contribution >= 4 is 23.3 Å². The molecule has 150 valence electrons. The first-order valence-corrected chi connectivity index (χ1v) is 9.46. The van der Waals surface area contributed by atoms with Gasteiger partial charge in [0.05, 0.1) is 17.3 Å². The zero-order valence-electron chi connectivity index (χ0n) is 15.5. The van der Waals surface area contributed by atoms with Gasteiger partial charge in [0.15, 0.2) is 5.67 Å². The first-order chi connectivity index (χ1) is 13.3. The number of aromatic nitrogens is 1. The molecule has 3 N–H and O–H groups in total. The van der Waals surface area contributed by atoms with Crippen LogP contribution in [0.15, 0.2) is 36.5 Å². The molecule has 0 bridgehead atoms. The van der Waals surface area contributed by atoms with Crippen LogP contribution in [0.4, 0.5) is 14.9 Å². The van der Waals surface area contributed by atoms with E-state index >= 15 is 4.39 Å². The SMILES string of the molecule is Cc1ccc(NC(=O)N2CCC(F)(c3ncc([C@@H](O)CO)cc3Cl)CC2)cc1. The van der Waals surface area contributed by atoms with Gasteiger partial charge in [0.2, 0.25) is 0 Å². The van der Waals surface area contributed by atoms with Crippen LogP contribution in [0.3, 0.4) is 0 Å². The van der Waals surface area contributed by atoms with Gasteiger partial charge < -0.3 is 20.4 Å². The van der Waals surface area contributed by atoms with Crippen molar-refractivity contribution in [2.24, 2.45) is 0 Å². The summed E-state index contributed by atoms with van der Waals surface area (Å²) < 4.78 is 15.5. The van der Waals surface area contributed by atoms with E-state index in [0.717, 1.165) is 5.56 Å². The van der Waals surface area contributed by atoms with E-state index in [-0.39, 0.29) is 42.7 Å². The van der Waals surface area contributed by atoms with E-state index < -0.39 is 18.4 Å². The number of benzene rings is 1. The topological polar surface area (TPSA) is 85.7 Å². The molecule has 1 atom stereocenters. The average molecular weight is 408 g/mol. The number of hydrogen-bond acceptors (Lipinski definition) is 4. The van der Waals surface area contributed by atoms with Crippen LogP contribution in [0.25, 0.3) is 0 Å². The number of hydrogen-bond donors (Lipinski definition) is 3. The summed E-state index contributed by atoms with van der Waals surface area (Å²) in [5.41, 5.74) is 0.465. The quantitative estimate of drug-likeness (QED) is 0.723. The molecule has 3 rings (SSSR count). The lowest BCUT2D eigenvalue weighted by molar-refractivity contribution is 0.0679. The monoisotopic (exact) mass is 407 g/mol. The summed E-state index contributed by atoms with van der Waals surface area (Å²) >= 11 is 6.18. The Bertz CT molecular complexity index is 839. The number of nitrogens with zero attached hydrogens (tertiary/aromatic N) is 2. The van der Waals surface area contributed by atoms with Gasteiger partial charge in [0, 0.05) is 43.4 Å². The van der Waals surface area contributed by atoms with Crippen LogP contribution in [-0.4, -0.2) is 45.8 Å². The lowest BCUT2D eigenvalue weighted by Crippen LogP contribution is -2.45. The molecule has 6 nitrogen and oxygen atoms in total. The summed E-state index contributed by atoms with van der Waals surface area (Å²) in [6.45, 7) is 1.96. The summed E-state index contributed by atoms with van der Waals surface area (Å²) in [7, 11) is 0. The van der Waals surface area contributed by atoms with Gasteiger partial charge in [-0.15, -0.1) is 0 Å². The number of aliphatic hydroxyl groups is 2. The summed E-state index contributed by atoms with van der Waals surface area (Å²) in [4.78, 5) is 18.1. The number of pyridine rings is 1. The summed E-state index contributed by atoms with van der Waals surface area (Å²) in [6.07, 6.45) is 0.355. The van der Waals surface area contributed by atoms with Crippen LogP contribution in [0, 0.1) is 6.92 Å². The molecule has 1 saturated heterocycles.